The summed E-state index contributed by atoms with van der Waals surface area (Å²) in [6, 6.07) is 7.68. The summed E-state index contributed by atoms with van der Waals surface area (Å²) in [5.41, 5.74) is 1.28. The molecule has 1 aromatic carbocycles. The Balaban J connectivity index is 2.56. The van der Waals surface area contributed by atoms with Crippen LogP contribution in [-0.4, -0.2) is 31.5 Å². The molecule has 0 heterocycles. The Labute approximate surface area is 126 Å². The molecule has 0 spiro atoms. The minimum absolute atomic E-state index is 0.0496. The highest BCUT2D eigenvalue weighted by Crippen LogP contribution is 2.24. The van der Waals surface area contributed by atoms with Crippen molar-refractivity contribution in [2.75, 3.05) is 13.6 Å². The Morgan fingerprint density at radius 1 is 1.19 bits per heavy atom. The largest absolute Gasteiger partial charge is 0.481 e. The number of hydrogen-bond donors (Lipinski definition) is 2. The van der Waals surface area contributed by atoms with E-state index in [0.29, 0.717) is 5.75 Å². The third-order valence-electron chi connectivity index (χ3n) is 3.10. The number of carbonyl (C=O) groups excluding carboxylic acids is 2. The lowest BCUT2D eigenvalue weighted by molar-refractivity contribution is -0.130. The van der Waals surface area contributed by atoms with E-state index in [1.807, 2.05) is 24.3 Å². The van der Waals surface area contributed by atoms with E-state index < -0.39 is 6.10 Å². The number of nitrogens with one attached hydrogen (secondary N) is 2. The number of hydrogen-bond acceptors (Lipinski definition) is 3. The number of rotatable bonds is 5. The third kappa shape index (κ3) is 5.45. The zero-order valence-corrected chi connectivity index (χ0v) is 13.3. The fourth-order valence-electron chi connectivity index (χ4n) is 1.69. The molecule has 0 bridgehead atoms. The predicted octanol–water partition coefficient (Wildman–Crippen LogP) is 1.61. The number of carbonyl (C=O) groups is 2. The van der Waals surface area contributed by atoms with Gasteiger partial charge in [-0.2, -0.15) is 0 Å². The van der Waals surface area contributed by atoms with Gasteiger partial charge in [-0.3, -0.25) is 9.59 Å². The summed E-state index contributed by atoms with van der Waals surface area (Å²) in [5, 5.41) is 4.95. The average molecular weight is 292 g/mol. The number of likely N-dealkylation sites (N-methyl/N-ethyl adjacent to an activating group) is 1. The van der Waals surface area contributed by atoms with Crippen molar-refractivity contribution in [3.8, 4) is 5.75 Å². The van der Waals surface area contributed by atoms with Crippen LogP contribution in [0.4, 0.5) is 0 Å². The van der Waals surface area contributed by atoms with Crippen LogP contribution in [0.1, 0.15) is 33.3 Å². The van der Waals surface area contributed by atoms with Gasteiger partial charge in [0.1, 0.15) is 5.75 Å². The molecule has 0 aliphatic carbocycles. The highest BCUT2D eigenvalue weighted by Gasteiger charge is 2.16. The SMILES string of the molecule is CNC(=O)CNC(=O)C(C)Oc1ccc(C(C)(C)C)cc1. The van der Waals surface area contributed by atoms with Gasteiger partial charge in [0.05, 0.1) is 6.54 Å². The van der Waals surface area contributed by atoms with Gasteiger partial charge in [-0.25, -0.2) is 0 Å². The molecule has 0 fully saturated rings. The molecule has 0 saturated heterocycles. The first-order valence-electron chi connectivity index (χ1n) is 6.99. The zero-order chi connectivity index (χ0) is 16.0. The van der Waals surface area contributed by atoms with Crippen LogP contribution in [0.25, 0.3) is 0 Å². The van der Waals surface area contributed by atoms with Gasteiger partial charge in [0, 0.05) is 7.05 Å². The minimum atomic E-state index is -0.657. The van der Waals surface area contributed by atoms with Gasteiger partial charge in [-0.15, -0.1) is 0 Å². The highest BCUT2D eigenvalue weighted by atomic mass is 16.5. The van der Waals surface area contributed by atoms with Gasteiger partial charge >= 0.3 is 0 Å². The van der Waals surface area contributed by atoms with Gasteiger partial charge < -0.3 is 15.4 Å². The van der Waals surface area contributed by atoms with Crippen molar-refractivity contribution >= 4 is 11.8 Å². The molecule has 0 radical (unpaired) electrons. The monoisotopic (exact) mass is 292 g/mol. The van der Waals surface area contributed by atoms with Crippen molar-refractivity contribution in [1.82, 2.24) is 10.6 Å². The van der Waals surface area contributed by atoms with Crippen LogP contribution in [0.3, 0.4) is 0 Å². The van der Waals surface area contributed by atoms with E-state index >= 15 is 0 Å². The number of benzene rings is 1. The van der Waals surface area contributed by atoms with Crippen molar-refractivity contribution in [1.29, 1.82) is 0 Å². The van der Waals surface area contributed by atoms with Crippen LogP contribution in [0.2, 0.25) is 0 Å². The smallest absolute Gasteiger partial charge is 0.261 e. The van der Waals surface area contributed by atoms with E-state index in [2.05, 4.69) is 31.4 Å². The minimum Gasteiger partial charge on any atom is -0.481 e. The standard InChI is InChI=1S/C16H24N2O3/c1-11(15(20)18-10-14(19)17-5)21-13-8-6-12(7-9-13)16(2,3)4/h6-9,11H,10H2,1-5H3,(H,17,19)(H,18,20). The summed E-state index contributed by atoms with van der Waals surface area (Å²) in [5.74, 6) is 0.0640. The van der Waals surface area contributed by atoms with Gasteiger partial charge in [0.25, 0.3) is 5.91 Å². The van der Waals surface area contributed by atoms with Crippen molar-refractivity contribution in [2.24, 2.45) is 0 Å². The number of amides is 2. The molecule has 0 aromatic heterocycles. The molecule has 2 N–H and O–H groups in total. The summed E-state index contributed by atoms with van der Waals surface area (Å²) in [4.78, 5) is 22.8. The molecule has 116 valence electrons. The predicted molar refractivity (Wildman–Crippen MR) is 82.3 cm³/mol. The fraction of sp³-hybridized carbons (Fsp3) is 0.500. The zero-order valence-electron chi connectivity index (χ0n) is 13.3. The van der Waals surface area contributed by atoms with Crippen molar-refractivity contribution in [3.05, 3.63) is 29.8 Å². The molecule has 1 aromatic rings. The molecule has 1 unspecified atom stereocenters. The third-order valence-corrected chi connectivity index (χ3v) is 3.10. The maximum Gasteiger partial charge on any atom is 0.261 e. The summed E-state index contributed by atoms with van der Waals surface area (Å²) >= 11 is 0. The molecule has 0 aliphatic heterocycles. The quantitative estimate of drug-likeness (QED) is 0.866. The van der Waals surface area contributed by atoms with Crippen LogP contribution >= 0.6 is 0 Å². The Kier molecular flexibility index (Phi) is 5.76. The van der Waals surface area contributed by atoms with E-state index in [-0.39, 0.29) is 23.8 Å². The van der Waals surface area contributed by atoms with Crippen molar-refractivity contribution in [3.63, 3.8) is 0 Å². The summed E-state index contributed by atoms with van der Waals surface area (Å²) in [6.45, 7) is 8.01. The second-order valence-electron chi connectivity index (χ2n) is 5.93. The lowest BCUT2D eigenvalue weighted by Gasteiger charge is -2.20. The summed E-state index contributed by atoms with van der Waals surface area (Å²) in [6.07, 6.45) is -0.657. The van der Waals surface area contributed by atoms with Crippen LogP contribution in [0, 0.1) is 0 Å². The molecule has 21 heavy (non-hydrogen) atoms. The molecular weight excluding hydrogens is 268 g/mol. The second-order valence-corrected chi connectivity index (χ2v) is 5.93. The Hall–Kier alpha value is -2.04. The highest BCUT2D eigenvalue weighted by molar-refractivity contribution is 5.86. The Morgan fingerprint density at radius 2 is 1.76 bits per heavy atom. The Morgan fingerprint density at radius 3 is 2.24 bits per heavy atom. The van der Waals surface area contributed by atoms with Crippen LogP contribution in [-0.2, 0) is 15.0 Å². The molecule has 2 amide bonds. The lowest BCUT2D eigenvalue weighted by Crippen LogP contribution is -2.41. The van der Waals surface area contributed by atoms with E-state index in [9.17, 15) is 9.59 Å². The van der Waals surface area contributed by atoms with Gasteiger partial charge in [-0.1, -0.05) is 32.9 Å². The first kappa shape index (κ1) is 17.0. The van der Waals surface area contributed by atoms with Crippen molar-refractivity contribution in [2.45, 2.75) is 39.2 Å². The van der Waals surface area contributed by atoms with Gasteiger partial charge in [0.2, 0.25) is 5.91 Å². The summed E-state index contributed by atoms with van der Waals surface area (Å²) in [7, 11) is 1.52. The maximum absolute atomic E-state index is 11.8. The van der Waals surface area contributed by atoms with Crippen LogP contribution < -0.4 is 15.4 Å². The first-order valence-corrected chi connectivity index (χ1v) is 6.99. The number of ether oxygens (including phenoxy) is 1. The summed E-state index contributed by atoms with van der Waals surface area (Å²) < 4.78 is 5.57. The average Bonchev–Trinajstić information content (AvgIpc) is 2.43. The van der Waals surface area contributed by atoms with E-state index in [1.54, 1.807) is 6.92 Å². The van der Waals surface area contributed by atoms with Crippen LogP contribution in [0.5, 0.6) is 5.75 Å². The van der Waals surface area contributed by atoms with Crippen LogP contribution in [0.15, 0.2) is 24.3 Å². The molecule has 5 nitrogen and oxygen atoms in total. The fourth-order valence-corrected chi connectivity index (χ4v) is 1.69. The topological polar surface area (TPSA) is 67.4 Å². The van der Waals surface area contributed by atoms with E-state index in [0.717, 1.165) is 0 Å². The van der Waals surface area contributed by atoms with Crippen molar-refractivity contribution < 1.29 is 14.3 Å². The molecular formula is C16H24N2O3. The molecule has 1 rings (SSSR count). The first-order chi connectivity index (χ1) is 9.74. The molecule has 5 heteroatoms. The molecule has 0 aliphatic rings. The van der Waals surface area contributed by atoms with Gasteiger partial charge in [0.15, 0.2) is 6.10 Å². The maximum atomic E-state index is 11.8. The van der Waals surface area contributed by atoms with E-state index in [4.69, 9.17) is 4.74 Å². The Bertz CT molecular complexity index is 489. The normalized spacial score (nSPS) is 12.4. The second kappa shape index (κ2) is 7.11. The lowest BCUT2D eigenvalue weighted by atomic mass is 9.87. The van der Waals surface area contributed by atoms with E-state index in [1.165, 1.54) is 12.6 Å². The molecule has 0 saturated carbocycles. The molecule has 1 atom stereocenters. The van der Waals surface area contributed by atoms with Gasteiger partial charge in [-0.05, 0) is 30.0 Å².